The Morgan fingerprint density at radius 2 is 2.05 bits per heavy atom. The van der Waals surface area contributed by atoms with Crippen LogP contribution in [0.5, 0.6) is 0 Å². The molecule has 0 aliphatic rings. The minimum absolute atomic E-state index is 0.0123. The molecule has 1 N–H and O–H groups in total. The first kappa shape index (κ1) is 13.3. The van der Waals surface area contributed by atoms with Gasteiger partial charge >= 0.3 is 0 Å². The van der Waals surface area contributed by atoms with Crippen molar-refractivity contribution in [1.82, 2.24) is 4.98 Å². The SMILES string of the molecule is CCCC(=O)Nc1ccc(-c2cccc(C)c2)cn1. The molecule has 3 heteroatoms. The highest BCUT2D eigenvalue weighted by Crippen LogP contribution is 2.20. The first-order chi connectivity index (χ1) is 9.19. The van der Waals surface area contributed by atoms with Gasteiger partial charge in [0.1, 0.15) is 5.82 Å². The molecule has 98 valence electrons. The second kappa shape index (κ2) is 6.14. The van der Waals surface area contributed by atoms with Crippen LogP contribution in [-0.4, -0.2) is 10.9 Å². The molecule has 0 saturated carbocycles. The maximum atomic E-state index is 11.5. The Labute approximate surface area is 113 Å². The van der Waals surface area contributed by atoms with Crippen LogP contribution in [0.4, 0.5) is 5.82 Å². The summed E-state index contributed by atoms with van der Waals surface area (Å²) in [5, 5.41) is 2.78. The van der Waals surface area contributed by atoms with Gasteiger partial charge in [-0.2, -0.15) is 0 Å². The average Bonchev–Trinajstić information content (AvgIpc) is 2.40. The minimum Gasteiger partial charge on any atom is -0.311 e. The van der Waals surface area contributed by atoms with E-state index in [1.54, 1.807) is 6.20 Å². The first-order valence-corrected chi connectivity index (χ1v) is 6.52. The number of aryl methyl sites for hydroxylation is 1. The van der Waals surface area contributed by atoms with Crippen LogP contribution in [0.1, 0.15) is 25.3 Å². The Hall–Kier alpha value is -2.16. The summed E-state index contributed by atoms with van der Waals surface area (Å²) in [6, 6.07) is 12.1. The molecular weight excluding hydrogens is 236 g/mol. The summed E-state index contributed by atoms with van der Waals surface area (Å²) < 4.78 is 0. The summed E-state index contributed by atoms with van der Waals surface area (Å²) in [4.78, 5) is 15.7. The van der Waals surface area contributed by atoms with Crippen molar-refractivity contribution < 1.29 is 4.79 Å². The summed E-state index contributed by atoms with van der Waals surface area (Å²) in [7, 11) is 0. The van der Waals surface area contributed by atoms with E-state index >= 15 is 0 Å². The Morgan fingerprint density at radius 3 is 2.68 bits per heavy atom. The third-order valence-corrected chi connectivity index (χ3v) is 2.86. The Balaban J connectivity index is 2.12. The zero-order valence-electron chi connectivity index (χ0n) is 11.3. The van der Waals surface area contributed by atoms with Gasteiger partial charge in [0.15, 0.2) is 0 Å². The molecule has 0 fully saturated rings. The van der Waals surface area contributed by atoms with Crippen molar-refractivity contribution in [2.24, 2.45) is 0 Å². The summed E-state index contributed by atoms with van der Waals surface area (Å²) in [6.45, 7) is 4.05. The molecule has 0 bridgehead atoms. The van der Waals surface area contributed by atoms with Gasteiger partial charge in [-0.15, -0.1) is 0 Å². The molecule has 2 aromatic rings. The Kier molecular flexibility index (Phi) is 4.29. The fraction of sp³-hybridized carbons (Fsp3) is 0.250. The third-order valence-electron chi connectivity index (χ3n) is 2.86. The molecule has 0 aliphatic carbocycles. The molecule has 2 rings (SSSR count). The van der Waals surface area contributed by atoms with Gasteiger partial charge in [0, 0.05) is 18.2 Å². The van der Waals surface area contributed by atoms with Crippen LogP contribution in [0.3, 0.4) is 0 Å². The number of anilines is 1. The highest BCUT2D eigenvalue weighted by Gasteiger charge is 2.03. The molecule has 1 aromatic heterocycles. The number of carbonyl (C=O) groups excluding carboxylic acids is 1. The number of benzene rings is 1. The fourth-order valence-electron chi connectivity index (χ4n) is 1.90. The van der Waals surface area contributed by atoms with E-state index in [-0.39, 0.29) is 5.91 Å². The lowest BCUT2D eigenvalue weighted by Crippen LogP contribution is -2.11. The third kappa shape index (κ3) is 3.65. The number of nitrogens with zero attached hydrogens (tertiary/aromatic N) is 1. The fourth-order valence-corrected chi connectivity index (χ4v) is 1.90. The highest BCUT2D eigenvalue weighted by molar-refractivity contribution is 5.89. The number of pyridine rings is 1. The van der Waals surface area contributed by atoms with Gasteiger partial charge < -0.3 is 5.32 Å². The summed E-state index contributed by atoms with van der Waals surface area (Å²) >= 11 is 0. The number of amides is 1. The van der Waals surface area contributed by atoms with E-state index in [0.29, 0.717) is 12.2 Å². The smallest absolute Gasteiger partial charge is 0.225 e. The second-order valence-electron chi connectivity index (χ2n) is 4.60. The van der Waals surface area contributed by atoms with Crippen LogP contribution in [0.15, 0.2) is 42.6 Å². The molecule has 19 heavy (non-hydrogen) atoms. The van der Waals surface area contributed by atoms with Crippen LogP contribution < -0.4 is 5.32 Å². The minimum atomic E-state index is 0.0123. The normalized spacial score (nSPS) is 10.2. The topological polar surface area (TPSA) is 42.0 Å². The van der Waals surface area contributed by atoms with Crippen molar-refractivity contribution in [3.63, 3.8) is 0 Å². The van der Waals surface area contributed by atoms with Gasteiger partial charge in [-0.05, 0) is 31.0 Å². The molecule has 0 spiro atoms. The summed E-state index contributed by atoms with van der Waals surface area (Å²) in [5.41, 5.74) is 3.41. The number of carbonyl (C=O) groups is 1. The lowest BCUT2D eigenvalue weighted by Gasteiger charge is -2.06. The van der Waals surface area contributed by atoms with Gasteiger partial charge in [-0.25, -0.2) is 4.98 Å². The molecule has 0 saturated heterocycles. The van der Waals surface area contributed by atoms with E-state index in [1.165, 1.54) is 5.56 Å². The molecule has 0 radical (unpaired) electrons. The zero-order valence-corrected chi connectivity index (χ0v) is 11.3. The monoisotopic (exact) mass is 254 g/mol. The standard InChI is InChI=1S/C16H18N2O/c1-3-5-16(19)18-15-9-8-14(11-17-15)13-7-4-6-12(2)10-13/h4,6-11H,3,5H2,1-2H3,(H,17,18,19). The van der Waals surface area contributed by atoms with E-state index in [2.05, 4.69) is 35.4 Å². The van der Waals surface area contributed by atoms with E-state index in [0.717, 1.165) is 17.5 Å². The summed E-state index contributed by atoms with van der Waals surface area (Å²) in [6.07, 6.45) is 3.16. The first-order valence-electron chi connectivity index (χ1n) is 6.52. The van der Waals surface area contributed by atoms with Crippen molar-refractivity contribution in [3.05, 3.63) is 48.2 Å². The van der Waals surface area contributed by atoms with Crippen LogP contribution in [-0.2, 0) is 4.79 Å². The van der Waals surface area contributed by atoms with Crippen LogP contribution in [0, 0.1) is 6.92 Å². The quantitative estimate of drug-likeness (QED) is 0.901. The second-order valence-corrected chi connectivity index (χ2v) is 4.60. The van der Waals surface area contributed by atoms with E-state index in [4.69, 9.17) is 0 Å². The van der Waals surface area contributed by atoms with Crippen LogP contribution in [0.2, 0.25) is 0 Å². The van der Waals surface area contributed by atoms with Gasteiger partial charge in [0.05, 0.1) is 0 Å². The molecule has 1 aromatic carbocycles. The van der Waals surface area contributed by atoms with Crippen molar-refractivity contribution in [2.75, 3.05) is 5.32 Å². The molecular formula is C16H18N2O. The Bertz CT molecular complexity index is 561. The summed E-state index contributed by atoms with van der Waals surface area (Å²) in [5.74, 6) is 0.619. The maximum Gasteiger partial charge on any atom is 0.225 e. The molecule has 1 heterocycles. The Morgan fingerprint density at radius 1 is 1.21 bits per heavy atom. The number of hydrogen-bond acceptors (Lipinski definition) is 2. The van der Waals surface area contributed by atoms with Crippen molar-refractivity contribution in [1.29, 1.82) is 0 Å². The zero-order chi connectivity index (χ0) is 13.7. The largest absolute Gasteiger partial charge is 0.311 e. The predicted molar refractivity (Wildman–Crippen MR) is 77.9 cm³/mol. The van der Waals surface area contributed by atoms with Crippen molar-refractivity contribution >= 4 is 11.7 Å². The van der Waals surface area contributed by atoms with Crippen LogP contribution >= 0.6 is 0 Å². The maximum absolute atomic E-state index is 11.5. The number of hydrogen-bond donors (Lipinski definition) is 1. The van der Waals surface area contributed by atoms with E-state index in [9.17, 15) is 4.79 Å². The molecule has 0 atom stereocenters. The molecule has 0 aliphatic heterocycles. The van der Waals surface area contributed by atoms with Gasteiger partial charge in [0.2, 0.25) is 5.91 Å². The van der Waals surface area contributed by atoms with E-state index < -0.39 is 0 Å². The number of aromatic nitrogens is 1. The van der Waals surface area contributed by atoms with Crippen molar-refractivity contribution in [3.8, 4) is 11.1 Å². The van der Waals surface area contributed by atoms with Gasteiger partial charge in [-0.3, -0.25) is 4.79 Å². The molecule has 1 amide bonds. The van der Waals surface area contributed by atoms with Gasteiger partial charge in [0.25, 0.3) is 0 Å². The average molecular weight is 254 g/mol. The molecule has 3 nitrogen and oxygen atoms in total. The van der Waals surface area contributed by atoms with Gasteiger partial charge in [-0.1, -0.05) is 36.8 Å². The van der Waals surface area contributed by atoms with E-state index in [1.807, 2.05) is 25.1 Å². The molecule has 0 unspecified atom stereocenters. The number of rotatable bonds is 4. The number of nitrogens with one attached hydrogen (secondary N) is 1. The van der Waals surface area contributed by atoms with Crippen LogP contribution in [0.25, 0.3) is 11.1 Å². The lowest BCUT2D eigenvalue weighted by atomic mass is 10.1. The predicted octanol–water partition coefficient (Wildman–Crippen LogP) is 3.80. The highest BCUT2D eigenvalue weighted by atomic mass is 16.1. The lowest BCUT2D eigenvalue weighted by molar-refractivity contribution is -0.116. The van der Waals surface area contributed by atoms with Crippen molar-refractivity contribution in [2.45, 2.75) is 26.7 Å².